The molecule has 1 aromatic rings. The summed E-state index contributed by atoms with van der Waals surface area (Å²) in [6.07, 6.45) is 2.26. The third kappa shape index (κ3) is 4.65. The van der Waals surface area contributed by atoms with Gasteiger partial charge in [-0.25, -0.2) is 0 Å². The first-order valence-electron chi connectivity index (χ1n) is 4.68. The molecule has 0 bridgehead atoms. The summed E-state index contributed by atoms with van der Waals surface area (Å²) in [4.78, 5) is 0. The van der Waals surface area contributed by atoms with Crippen molar-refractivity contribution in [2.45, 2.75) is 31.7 Å². The predicted molar refractivity (Wildman–Crippen MR) is 60.6 cm³/mol. The van der Waals surface area contributed by atoms with E-state index in [1.807, 2.05) is 0 Å². The topological polar surface area (TPSA) is 12.0 Å². The fourth-order valence-corrected chi connectivity index (χ4v) is 2.18. The van der Waals surface area contributed by atoms with E-state index in [-0.39, 0.29) is 5.38 Å². The van der Waals surface area contributed by atoms with Gasteiger partial charge in [0, 0.05) is 18.5 Å². The van der Waals surface area contributed by atoms with Crippen LogP contribution >= 0.6 is 22.9 Å². The van der Waals surface area contributed by atoms with E-state index in [0.29, 0.717) is 0 Å². The highest BCUT2D eigenvalue weighted by Gasteiger charge is 2.01. The standard InChI is InChI=1S/C10H16ClNS/c1-2-3-10(11)7-12-6-9-4-5-13-8-9/h4-5,8,10,12H,2-3,6-7H2,1H3. The van der Waals surface area contributed by atoms with Crippen LogP contribution in [0.25, 0.3) is 0 Å². The summed E-state index contributed by atoms with van der Waals surface area (Å²) in [7, 11) is 0. The van der Waals surface area contributed by atoms with Gasteiger partial charge in [0.15, 0.2) is 0 Å². The Balaban J connectivity index is 2.07. The van der Waals surface area contributed by atoms with Gasteiger partial charge in [0.25, 0.3) is 0 Å². The van der Waals surface area contributed by atoms with Crippen molar-refractivity contribution in [2.75, 3.05) is 6.54 Å². The molecule has 1 atom stereocenters. The highest BCUT2D eigenvalue weighted by molar-refractivity contribution is 7.07. The molecule has 0 fully saturated rings. The first-order chi connectivity index (χ1) is 6.33. The molecule has 1 aromatic heterocycles. The van der Waals surface area contributed by atoms with Crippen molar-refractivity contribution < 1.29 is 0 Å². The molecule has 1 unspecified atom stereocenters. The molecule has 0 aliphatic heterocycles. The predicted octanol–water partition coefficient (Wildman–Crippen LogP) is 3.25. The van der Waals surface area contributed by atoms with Crippen molar-refractivity contribution in [3.8, 4) is 0 Å². The minimum Gasteiger partial charge on any atom is -0.311 e. The summed E-state index contributed by atoms with van der Waals surface area (Å²) < 4.78 is 0. The van der Waals surface area contributed by atoms with Crippen molar-refractivity contribution in [3.63, 3.8) is 0 Å². The molecule has 3 heteroatoms. The number of halogens is 1. The zero-order valence-electron chi connectivity index (χ0n) is 7.92. The monoisotopic (exact) mass is 217 g/mol. The lowest BCUT2D eigenvalue weighted by Crippen LogP contribution is -2.22. The smallest absolute Gasteiger partial charge is 0.0460 e. The van der Waals surface area contributed by atoms with Crippen LogP contribution in [0.3, 0.4) is 0 Å². The Morgan fingerprint density at radius 3 is 3.08 bits per heavy atom. The average molecular weight is 218 g/mol. The second-order valence-corrected chi connectivity index (χ2v) is 4.55. The summed E-state index contributed by atoms with van der Waals surface area (Å²) in [5, 5.41) is 7.89. The number of rotatable bonds is 6. The van der Waals surface area contributed by atoms with Crippen molar-refractivity contribution >= 4 is 22.9 Å². The molecule has 0 spiro atoms. The van der Waals surface area contributed by atoms with Gasteiger partial charge in [-0.05, 0) is 28.8 Å². The normalized spacial score (nSPS) is 13.1. The van der Waals surface area contributed by atoms with E-state index in [4.69, 9.17) is 11.6 Å². The van der Waals surface area contributed by atoms with Gasteiger partial charge >= 0.3 is 0 Å². The van der Waals surface area contributed by atoms with Gasteiger partial charge in [0.2, 0.25) is 0 Å². The Labute approximate surface area is 89.1 Å². The molecule has 1 rings (SSSR count). The van der Waals surface area contributed by atoms with Crippen LogP contribution in [0.2, 0.25) is 0 Å². The van der Waals surface area contributed by atoms with Crippen LogP contribution in [0.4, 0.5) is 0 Å². The molecule has 0 aliphatic rings. The van der Waals surface area contributed by atoms with Crippen molar-refractivity contribution in [1.82, 2.24) is 5.32 Å². The van der Waals surface area contributed by atoms with Gasteiger partial charge in [-0.3, -0.25) is 0 Å². The first kappa shape index (κ1) is 11.0. The number of alkyl halides is 1. The van der Waals surface area contributed by atoms with Gasteiger partial charge in [0.05, 0.1) is 0 Å². The number of thiophene rings is 1. The van der Waals surface area contributed by atoms with Crippen LogP contribution in [0.1, 0.15) is 25.3 Å². The highest BCUT2D eigenvalue weighted by Crippen LogP contribution is 2.06. The fourth-order valence-electron chi connectivity index (χ4n) is 1.18. The maximum atomic E-state index is 6.06. The molecular weight excluding hydrogens is 202 g/mol. The lowest BCUT2D eigenvalue weighted by molar-refractivity contribution is 0.624. The van der Waals surface area contributed by atoms with Gasteiger partial charge in [-0.15, -0.1) is 11.6 Å². The van der Waals surface area contributed by atoms with Crippen LogP contribution < -0.4 is 5.32 Å². The lowest BCUT2D eigenvalue weighted by atomic mass is 10.2. The molecule has 1 N–H and O–H groups in total. The molecule has 0 aliphatic carbocycles. The van der Waals surface area contributed by atoms with E-state index in [1.165, 1.54) is 5.56 Å². The molecule has 74 valence electrons. The molecule has 1 nitrogen and oxygen atoms in total. The Bertz CT molecular complexity index is 211. The van der Waals surface area contributed by atoms with Gasteiger partial charge < -0.3 is 5.32 Å². The Morgan fingerprint density at radius 2 is 2.46 bits per heavy atom. The van der Waals surface area contributed by atoms with Crippen LogP contribution in [0.5, 0.6) is 0 Å². The third-order valence-electron chi connectivity index (χ3n) is 1.88. The Kier molecular flexibility index (Phi) is 5.44. The van der Waals surface area contributed by atoms with E-state index in [9.17, 15) is 0 Å². The number of hydrogen-bond donors (Lipinski definition) is 1. The Hall–Kier alpha value is -0.0500. The Morgan fingerprint density at radius 1 is 1.62 bits per heavy atom. The summed E-state index contributed by atoms with van der Waals surface area (Å²) in [6.45, 7) is 4.01. The van der Waals surface area contributed by atoms with Gasteiger partial charge in [-0.2, -0.15) is 11.3 Å². The van der Waals surface area contributed by atoms with Crippen molar-refractivity contribution in [1.29, 1.82) is 0 Å². The van der Waals surface area contributed by atoms with Gasteiger partial charge in [0.1, 0.15) is 0 Å². The van der Waals surface area contributed by atoms with Crippen molar-refractivity contribution in [2.24, 2.45) is 0 Å². The summed E-state index contributed by atoms with van der Waals surface area (Å²) >= 11 is 7.80. The van der Waals surface area contributed by atoms with Crippen LogP contribution in [-0.4, -0.2) is 11.9 Å². The molecule has 0 saturated carbocycles. The summed E-state index contributed by atoms with van der Waals surface area (Å²) in [5.41, 5.74) is 1.35. The molecule has 0 aromatic carbocycles. The maximum Gasteiger partial charge on any atom is 0.0460 e. The van der Waals surface area contributed by atoms with Gasteiger partial charge in [-0.1, -0.05) is 13.3 Å². The van der Waals surface area contributed by atoms with E-state index < -0.39 is 0 Å². The summed E-state index contributed by atoms with van der Waals surface area (Å²) in [5.74, 6) is 0. The SMILES string of the molecule is CCCC(Cl)CNCc1ccsc1. The molecular formula is C10H16ClNS. The maximum absolute atomic E-state index is 6.06. The number of nitrogens with one attached hydrogen (secondary N) is 1. The van der Waals surface area contributed by atoms with Crippen LogP contribution in [0.15, 0.2) is 16.8 Å². The third-order valence-corrected chi connectivity index (χ3v) is 2.98. The second kappa shape index (κ2) is 6.41. The molecule has 0 amide bonds. The minimum atomic E-state index is 0.281. The number of hydrogen-bond acceptors (Lipinski definition) is 2. The summed E-state index contributed by atoms with van der Waals surface area (Å²) in [6, 6.07) is 2.14. The fraction of sp³-hybridized carbons (Fsp3) is 0.600. The lowest BCUT2D eigenvalue weighted by Gasteiger charge is -2.08. The average Bonchev–Trinajstić information content (AvgIpc) is 2.57. The van der Waals surface area contributed by atoms with Crippen LogP contribution in [-0.2, 0) is 6.54 Å². The molecule has 1 heterocycles. The largest absolute Gasteiger partial charge is 0.311 e. The van der Waals surface area contributed by atoms with E-state index in [0.717, 1.165) is 25.9 Å². The molecule has 0 saturated heterocycles. The van der Waals surface area contributed by atoms with Crippen molar-refractivity contribution in [3.05, 3.63) is 22.4 Å². The second-order valence-electron chi connectivity index (χ2n) is 3.15. The highest BCUT2D eigenvalue weighted by atomic mass is 35.5. The minimum absolute atomic E-state index is 0.281. The zero-order chi connectivity index (χ0) is 9.52. The first-order valence-corrected chi connectivity index (χ1v) is 6.06. The van der Waals surface area contributed by atoms with Crippen LogP contribution in [0, 0.1) is 0 Å². The van der Waals surface area contributed by atoms with E-state index in [1.54, 1.807) is 11.3 Å². The quantitative estimate of drug-likeness (QED) is 0.722. The molecule has 13 heavy (non-hydrogen) atoms. The van der Waals surface area contributed by atoms with E-state index >= 15 is 0 Å². The zero-order valence-corrected chi connectivity index (χ0v) is 9.50. The molecule has 0 radical (unpaired) electrons. The van der Waals surface area contributed by atoms with E-state index in [2.05, 4.69) is 29.1 Å².